The van der Waals surface area contributed by atoms with Gasteiger partial charge in [0.1, 0.15) is 4.88 Å². The van der Waals surface area contributed by atoms with E-state index in [-0.39, 0.29) is 10.8 Å². The van der Waals surface area contributed by atoms with Crippen LogP contribution in [0.15, 0.2) is 29.1 Å². The molecule has 0 bridgehead atoms. The smallest absolute Gasteiger partial charge is 0.307 e. The molecule has 0 aliphatic heterocycles. The first-order valence-electron chi connectivity index (χ1n) is 5.22. The van der Waals surface area contributed by atoms with Crippen molar-refractivity contribution in [1.82, 2.24) is 4.57 Å². The fourth-order valence-electron chi connectivity index (χ4n) is 1.48. The summed E-state index contributed by atoms with van der Waals surface area (Å²) in [5, 5.41) is 3.26. The average molecular weight is 283 g/mol. The molecule has 0 unspecified atom stereocenters. The Balaban J connectivity index is 2.27. The molecule has 0 fully saturated rings. The van der Waals surface area contributed by atoms with E-state index in [4.69, 9.17) is 11.6 Å². The maximum atomic E-state index is 12.0. The number of anilines is 1. The zero-order valence-corrected chi connectivity index (χ0v) is 11.4. The Morgan fingerprint density at radius 3 is 2.72 bits per heavy atom. The first-order valence-corrected chi connectivity index (χ1v) is 6.42. The maximum Gasteiger partial charge on any atom is 0.307 e. The standard InChI is InChI=1S/C12H11ClN2O2S/c1-7-10(18-12(17)15(7)2)11(16)14-9-5-3-4-8(13)6-9/h3-6H,1-2H3,(H,14,16). The molecule has 2 aromatic rings. The Morgan fingerprint density at radius 2 is 2.17 bits per heavy atom. The number of rotatable bonds is 2. The number of nitrogens with one attached hydrogen (secondary N) is 1. The van der Waals surface area contributed by atoms with Crippen LogP contribution in [0.3, 0.4) is 0 Å². The van der Waals surface area contributed by atoms with Crippen LogP contribution in [0, 0.1) is 6.92 Å². The lowest BCUT2D eigenvalue weighted by molar-refractivity contribution is 0.102. The highest BCUT2D eigenvalue weighted by Crippen LogP contribution is 2.17. The Morgan fingerprint density at radius 1 is 1.44 bits per heavy atom. The lowest BCUT2D eigenvalue weighted by atomic mass is 10.3. The molecule has 4 nitrogen and oxygen atoms in total. The molecule has 0 saturated heterocycles. The maximum absolute atomic E-state index is 12.0. The Hall–Kier alpha value is -1.59. The van der Waals surface area contributed by atoms with Crippen molar-refractivity contribution in [2.45, 2.75) is 6.92 Å². The van der Waals surface area contributed by atoms with Crippen LogP contribution in [0.1, 0.15) is 15.4 Å². The van der Waals surface area contributed by atoms with Crippen LogP contribution in [0.5, 0.6) is 0 Å². The van der Waals surface area contributed by atoms with Crippen LogP contribution in [-0.4, -0.2) is 10.5 Å². The average Bonchev–Trinajstić information content (AvgIpc) is 2.57. The Labute approximate surface area is 113 Å². The van der Waals surface area contributed by atoms with Gasteiger partial charge in [0.05, 0.1) is 0 Å². The third-order valence-electron chi connectivity index (χ3n) is 2.58. The number of amides is 1. The van der Waals surface area contributed by atoms with Crippen LogP contribution in [0.4, 0.5) is 5.69 Å². The topological polar surface area (TPSA) is 51.1 Å². The van der Waals surface area contributed by atoms with Crippen LogP contribution >= 0.6 is 22.9 Å². The highest BCUT2D eigenvalue weighted by atomic mass is 35.5. The molecule has 0 saturated carbocycles. The highest BCUT2D eigenvalue weighted by Gasteiger charge is 2.15. The van der Waals surface area contributed by atoms with Gasteiger partial charge in [0.15, 0.2) is 0 Å². The van der Waals surface area contributed by atoms with E-state index < -0.39 is 0 Å². The van der Waals surface area contributed by atoms with Gasteiger partial charge in [-0.15, -0.1) is 0 Å². The molecular weight excluding hydrogens is 272 g/mol. The summed E-state index contributed by atoms with van der Waals surface area (Å²) in [6.45, 7) is 1.74. The van der Waals surface area contributed by atoms with Crippen molar-refractivity contribution < 1.29 is 4.79 Å². The van der Waals surface area contributed by atoms with E-state index in [9.17, 15) is 9.59 Å². The fourth-order valence-corrected chi connectivity index (χ4v) is 2.55. The normalized spacial score (nSPS) is 10.4. The van der Waals surface area contributed by atoms with Gasteiger partial charge in [0.2, 0.25) is 0 Å². The van der Waals surface area contributed by atoms with Gasteiger partial charge in [-0.05, 0) is 25.1 Å². The number of halogens is 1. The van der Waals surface area contributed by atoms with Gasteiger partial charge in [-0.1, -0.05) is 29.0 Å². The lowest BCUT2D eigenvalue weighted by Gasteiger charge is -2.04. The Bertz CT molecular complexity index is 660. The molecule has 6 heteroatoms. The molecule has 94 valence electrons. The van der Waals surface area contributed by atoms with Crippen molar-refractivity contribution in [2.24, 2.45) is 7.05 Å². The molecule has 0 atom stereocenters. The SMILES string of the molecule is Cc1c(C(=O)Nc2cccc(Cl)c2)sc(=O)n1C. The van der Waals surface area contributed by atoms with Gasteiger partial charge in [-0.25, -0.2) is 0 Å². The molecule has 1 aromatic heterocycles. The molecule has 0 spiro atoms. The number of carbonyl (C=O) groups is 1. The van der Waals surface area contributed by atoms with E-state index in [0.29, 0.717) is 21.3 Å². The van der Waals surface area contributed by atoms with E-state index in [2.05, 4.69) is 5.32 Å². The minimum atomic E-state index is -0.294. The van der Waals surface area contributed by atoms with E-state index in [0.717, 1.165) is 11.3 Å². The first-order chi connectivity index (χ1) is 8.49. The second kappa shape index (κ2) is 4.96. The molecule has 0 aliphatic rings. The van der Waals surface area contributed by atoms with Gasteiger partial charge in [0.25, 0.3) is 5.91 Å². The van der Waals surface area contributed by atoms with Crippen molar-refractivity contribution in [3.05, 3.63) is 49.5 Å². The molecular formula is C12H11ClN2O2S. The summed E-state index contributed by atoms with van der Waals surface area (Å²) in [6.07, 6.45) is 0. The van der Waals surface area contributed by atoms with Gasteiger partial charge < -0.3 is 9.88 Å². The van der Waals surface area contributed by atoms with Gasteiger partial charge in [0, 0.05) is 23.5 Å². The third-order valence-corrected chi connectivity index (χ3v) is 3.95. The quantitative estimate of drug-likeness (QED) is 0.921. The van der Waals surface area contributed by atoms with E-state index in [1.165, 1.54) is 4.57 Å². The van der Waals surface area contributed by atoms with Gasteiger partial charge in [-0.3, -0.25) is 9.59 Å². The number of benzene rings is 1. The molecule has 1 aromatic carbocycles. The third kappa shape index (κ3) is 2.47. The summed E-state index contributed by atoms with van der Waals surface area (Å²) in [4.78, 5) is 23.7. The largest absolute Gasteiger partial charge is 0.321 e. The number of aromatic nitrogens is 1. The van der Waals surface area contributed by atoms with Crippen molar-refractivity contribution in [3.8, 4) is 0 Å². The molecule has 1 heterocycles. The molecule has 1 N–H and O–H groups in total. The van der Waals surface area contributed by atoms with E-state index >= 15 is 0 Å². The first kappa shape index (κ1) is 12.9. The summed E-state index contributed by atoms with van der Waals surface area (Å²) < 4.78 is 1.46. The van der Waals surface area contributed by atoms with Crippen LogP contribution in [-0.2, 0) is 7.05 Å². The summed E-state index contributed by atoms with van der Waals surface area (Å²) >= 11 is 6.77. The molecule has 2 rings (SSSR count). The molecule has 0 aliphatic carbocycles. The number of nitrogens with zero attached hydrogens (tertiary/aromatic N) is 1. The summed E-state index contributed by atoms with van der Waals surface area (Å²) in [6, 6.07) is 6.87. The van der Waals surface area contributed by atoms with E-state index in [1.54, 1.807) is 38.2 Å². The summed E-state index contributed by atoms with van der Waals surface area (Å²) in [5.74, 6) is -0.294. The molecule has 18 heavy (non-hydrogen) atoms. The number of thiazole rings is 1. The Kier molecular flexibility index (Phi) is 3.54. The number of hydrogen-bond donors (Lipinski definition) is 1. The van der Waals surface area contributed by atoms with Crippen molar-refractivity contribution in [3.63, 3.8) is 0 Å². The van der Waals surface area contributed by atoms with Crippen LogP contribution < -0.4 is 10.2 Å². The second-order valence-corrected chi connectivity index (χ2v) is 5.20. The summed E-state index contributed by atoms with van der Waals surface area (Å²) in [7, 11) is 1.64. The van der Waals surface area contributed by atoms with Crippen molar-refractivity contribution >= 4 is 34.5 Å². The zero-order chi connectivity index (χ0) is 13.3. The van der Waals surface area contributed by atoms with E-state index in [1.807, 2.05) is 0 Å². The predicted octanol–water partition coefficient (Wildman–Crippen LogP) is 2.66. The van der Waals surface area contributed by atoms with Gasteiger partial charge in [-0.2, -0.15) is 0 Å². The summed E-state index contributed by atoms with van der Waals surface area (Å²) in [5.41, 5.74) is 1.26. The zero-order valence-electron chi connectivity index (χ0n) is 9.86. The van der Waals surface area contributed by atoms with Crippen molar-refractivity contribution in [1.29, 1.82) is 0 Å². The fraction of sp³-hybridized carbons (Fsp3) is 0.167. The molecule has 0 radical (unpaired) electrons. The minimum Gasteiger partial charge on any atom is -0.321 e. The van der Waals surface area contributed by atoms with Crippen molar-refractivity contribution in [2.75, 3.05) is 5.32 Å². The monoisotopic (exact) mass is 282 g/mol. The predicted molar refractivity (Wildman–Crippen MR) is 73.7 cm³/mol. The van der Waals surface area contributed by atoms with Gasteiger partial charge >= 0.3 is 4.87 Å². The number of hydrogen-bond acceptors (Lipinski definition) is 3. The van der Waals surface area contributed by atoms with Crippen LogP contribution in [0.2, 0.25) is 5.02 Å². The lowest BCUT2D eigenvalue weighted by Crippen LogP contribution is -2.12. The second-order valence-electron chi connectivity index (χ2n) is 3.81. The minimum absolute atomic E-state index is 0.149. The molecule has 1 amide bonds. The highest BCUT2D eigenvalue weighted by molar-refractivity contribution is 7.11. The van der Waals surface area contributed by atoms with Crippen LogP contribution in [0.25, 0.3) is 0 Å². The number of carbonyl (C=O) groups excluding carboxylic acids is 1.